The molecule has 25 heavy (non-hydrogen) atoms. The maximum Gasteiger partial charge on any atom is 0.331 e. The van der Waals surface area contributed by atoms with Crippen molar-refractivity contribution in [3.05, 3.63) is 75.8 Å². The Balaban J connectivity index is 1.77. The maximum atomic E-state index is 11.9. The number of nitrogens with one attached hydrogen (secondary N) is 1. The van der Waals surface area contributed by atoms with Gasteiger partial charge in [0.1, 0.15) is 0 Å². The summed E-state index contributed by atoms with van der Waals surface area (Å²) in [6.07, 6.45) is 2.85. The zero-order valence-electron chi connectivity index (χ0n) is 13.5. The van der Waals surface area contributed by atoms with Gasteiger partial charge in [0.15, 0.2) is 6.61 Å². The first-order valence-electron chi connectivity index (χ1n) is 7.59. The van der Waals surface area contributed by atoms with E-state index in [-0.39, 0.29) is 18.6 Å². The van der Waals surface area contributed by atoms with E-state index in [1.54, 1.807) is 42.5 Å². The van der Waals surface area contributed by atoms with Crippen LogP contribution in [-0.4, -0.2) is 18.5 Å². The van der Waals surface area contributed by atoms with Gasteiger partial charge in [-0.1, -0.05) is 47.5 Å². The molecule has 0 fully saturated rings. The van der Waals surface area contributed by atoms with Crippen LogP contribution in [-0.2, 0) is 14.3 Å². The third-order valence-corrected chi connectivity index (χ3v) is 3.88. The molecular weight excluding hydrogens is 361 g/mol. The Bertz CT molecular complexity index is 755. The lowest BCUT2D eigenvalue weighted by atomic mass is 10.1. The van der Waals surface area contributed by atoms with Gasteiger partial charge in [-0.2, -0.15) is 0 Å². The molecule has 0 bridgehead atoms. The van der Waals surface area contributed by atoms with E-state index in [0.29, 0.717) is 10.0 Å². The Morgan fingerprint density at radius 2 is 1.60 bits per heavy atom. The summed E-state index contributed by atoms with van der Waals surface area (Å²) < 4.78 is 4.92. The first-order chi connectivity index (χ1) is 11.9. The van der Waals surface area contributed by atoms with Crippen LogP contribution < -0.4 is 5.32 Å². The van der Waals surface area contributed by atoms with E-state index in [0.717, 1.165) is 11.1 Å². The fourth-order valence-corrected chi connectivity index (χ4v) is 2.29. The second kappa shape index (κ2) is 9.25. The Labute approximate surface area is 156 Å². The van der Waals surface area contributed by atoms with Gasteiger partial charge in [0.2, 0.25) is 0 Å². The van der Waals surface area contributed by atoms with E-state index in [2.05, 4.69) is 5.32 Å². The average Bonchev–Trinajstić information content (AvgIpc) is 2.60. The van der Waals surface area contributed by atoms with Gasteiger partial charge in [-0.15, -0.1) is 0 Å². The molecule has 0 aliphatic carbocycles. The highest BCUT2D eigenvalue weighted by Gasteiger charge is 2.11. The number of ether oxygens (including phenoxy) is 1. The topological polar surface area (TPSA) is 55.4 Å². The molecule has 0 heterocycles. The molecule has 0 aliphatic rings. The summed E-state index contributed by atoms with van der Waals surface area (Å²) in [5.41, 5.74) is 1.72. The predicted molar refractivity (Wildman–Crippen MR) is 99.5 cm³/mol. The summed E-state index contributed by atoms with van der Waals surface area (Å²) in [4.78, 5) is 23.5. The molecule has 6 heteroatoms. The van der Waals surface area contributed by atoms with Crippen molar-refractivity contribution in [2.24, 2.45) is 0 Å². The van der Waals surface area contributed by atoms with Crippen LogP contribution in [0.3, 0.4) is 0 Å². The van der Waals surface area contributed by atoms with Crippen LogP contribution >= 0.6 is 23.2 Å². The Morgan fingerprint density at radius 1 is 1.04 bits per heavy atom. The van der Waals surface area contributed by atoms with E-state index in [1.165, 1.54) is 6.08 Å². The lowest BCUT2D eigenvalue weighted by Gasteiger charge is -2.14. The molecule has 1 amide bonds. The minimum absolute atomic E-state index is 0.215. The second-order valence-electron chi connectivity index (χ2n) is 5.33. The quantitative estimate of drug-likeness (QED) is 0.598. The van der Waals surface area contributed by atoms with Crippen molar-refractivity contribution in [1.82, 2.24) is 5.32 Å². The molecule has 2 aromatic carbocycles. The van der Waals surface area contributed by atoms with Gasteiger partial charge in [-0.05, 0) is 48.4 Å². The first-order valence-corrected chi connectivity index (χ1v) is 8.35. The molecule has 0 spiro atoms. The largest absolute Gasteiger partial charge is 0.452 e. The van der Waals surface area contributed by atoms with E-state index in [9.17, 15) is 9.59 Å². The zero-order valence-corrected chi connectivity index (χ0v) is 15.1. The fourth-order valence-electron chi connectivity index (χ4n) is 2.04. The van der Waals surface area contributed by atoms with Gasteiger partial charge in [-0.3, -0.25) is 4.79 Å². The highest BCUT2D eigenvalue weighted by molar-refractivity contribution is 6.30. The monoisotopic (exact) mass is 377 g/mol. The van der Waals surface area contributed by atoms with Crippen molar-refractivity contribution < 1.29 is 14.3 Å². The SMILES string of the molecule is C[C@@H](NC(=O)COC(=O)/C=C/c1ccc(Cl)cc1)c1ccc(Cl)cc1. The van der Waals surface area contributed by atoms with Crippen LogP contribution in [0.5, 0.6) is 0 Å². The van der Waals surface area contributed by atoms with Crippen molar-refractivity contribution in [1.29, 1.82) is 0 Å². The number of halogens is 2. The molecular formula is C19H17Cl2NO3. The van der Waals surface area contributed by atoms with Crippen LogP contribution in [0.15, 0.2) is 54.6 Å². The normalized spacial score (nSPS) is 12.0. The van der Waals surface area contributed by atoms with Crippen molar-refractivity contribution >= 4 is 41.2 Å². The Hall–Kier alpha value is -2.30. The van der Waals surface area contributed by atoms with Gasteiger partial charge in [0.05, 0.1) is 6.04 Å². The molecule has 1 atom stereocenters. The first kappa shape index (κ1) is 19.0. The van der Waals surface area contributed by atoms with Crippen molar-refractivity contribution in [2.45, 2.75) is 13.0 Å². The van der Waals surface area contributed by atoms with Gasteiger partial charge in [-0.25, -0.2) is 4.79 Å². The molecule has 0 saturated heterocycles. The van der Waals surface area contributed by atoms with Crippen LogP contribution in [0, 0.1) is 0 Å². The highest BCUT2D eigenvalue weighted by Crippen LogP contribution is 2.16. The minimum Gasteiger partial charge on any atom is -0.452 e. The van der Waals surface area contributed by atoms with Crippen LogP contribution in [0.2, 0.25) is 10.0 Å². The lowest BCUT2D eigenvalue weighted by Crippen LogP contribution is -2.30. The second-order valence-corrected chi connectivity index (χ2v) is 6.21. The number of benzene rings is 2. The van der Waals surface area contributed by atoms with Gasteiger partial charge >= 0.3 is 5.97 Å². The molecule has 0 radical (unpaired) electrons. The summed E-state index contributed by atoms with van der Waals surface area (Å²) in [6, 6.07) is 13.9. The van der Waals surface area contributed by atoms with Crippen LogP contribution in [0.4, 0.5) is 0 Å². The van der Waals surface area contributed by atoms with E-state index < -0.39 is 5.97 Å². The van der Waals surface area contributed by atoms with Gasteiger partial charge in [0.25, 0.3) is 5.91 Å². The molecule has 0 aliphatic heterocycles. The molecule has 0 aromatic heterocycles. The van der Waals surface area contributed by atoms with Crippen LogP contribution in [0.25, 0.3) is 6.08 Å². The third kappa shape index (κ3) is 6.61. The number of rotatable bonds is 6. The maximum absolute atomic E-state index is 11.9. The summed E-state index contributed by atoms with van der Waals surface area (Å²) in [5, 5.41) is 4.00. The van der Waals surface area contributed by atoms with E-state index in [1.807, 2.05) is 19.1 Å². The molecule has 0 unspecified atom stereocenters. The van der Waals surface area contributed by atoms with Crippen LogP contribution in [0.1, 0.15) is 24.1 Å². The Kier molecular flexibility index (Phi) is 7.04. The molecule has 1 N–H and O–H groups in total. The van der Waals surface area contributed by atoms with Crippen molar-refractivity contribution in [3.8, 4) is 0 Å². The number of hydrogen-bond donors (Lipinski definition) is 1. The predicted octanol–water partition coefficient (Wildman–Crippen LogP) is 4.43. The molecule has 0 saturated carbocycles. The number of amides is 1. The van der Waals surface area contributed by atoms with Gasteiger partial charge < -0.3 is 10.1 Å². The highest BCUT2D eigenvalue weighted by atomic mass is 35.5. The van der Waals surface area contributed by atoms with E-state index >= 15 is 0 Å². The summed E-state index contributed by atoms with van der Waals surface area (Å²) in [6.45, 7) is 1.49. The summed E-state index contributed by atoms with van der Waals surface area (Å²) in [5.74, 6) is -0.972. The lowest BCUT2D eigenvalue weighted by molar-refractivity contribution is -0.144. The number of hydrogen-bond acceptors (Lipinski definition) is 3. The van der Waals surface area contributed by atoms with E-state index in [4.69, 9.17) is 27.9 Å². The van der Waals surface area contributed by atoms with Crippen molar-refractivity contribution in [3.63, 3.8) is 0 Å². The summed E-state index contributed by atoms with van der Waals surface area (Å²) >= 11 is 11.6. The summed E-state index contributed by atoms with van der Waals surface area (Å²) in [7, 11) is 0. The van der Waals surface area contributed by atoms with Gasteiger partial charge in [0, 0.05) is 16.1 Å². The third-order valence-electron chi connectivity index (χ3n) is 3.37. The Morgan fingerprint density at radius 3 is 2.20 bits per heavy atom. The molecule has 2 rings (SSSR count). The number of carbonyl (C=O) groups is 2. The van der Waals surface area contributed by atoms with Crippen molar-refractivity contribution in [2.75, 3.05) is 6.61 Å². The molecule has 2 aromatic rings. The standard InChI is InChI=1S/C19H17Cl2NO3/c1-13(15-5-9-17(21)10-6-15)22-18(23)12-25-19(24)11-4-14-2-7-16(20)8-3-14/h2-11,13H,12H2,1H3,(H,22,23)/b11-4+/t13-/m1/s1. The molecule has 130 valence electrons. The molecule has 4 nitrogen and oxygen atoms in total. The average molecular weight is 378 g/mol. The zero-order chi connectivity index (χ0) is 18.2. The number of carbonyl (C=O) groups excluding carboxylic acids is 2. The fraction of sp³-hybridized carbons (Fsp3) is 0.158. The number of esters is 1. The minimum atomic E-state index is -0.593. The smallest absolute Gasteiger partial charge is 0.331 e.